The summed E-state index contributed by atoms with van der Waals surface area (Å²) in [5, 5.41) is 8.67. The Morgan fingerprint density at radius 2 is 2.00 bits per heavy atom. The third kappa shape index (κ3) is 2.51. The molecule has 0 aromatic carbocycles. The molecule has 0 unspecified atom stereocenters. The van der Waals surface area contributed by atoms with Crippen molar-refractivity contribution < 1.29 is 0 Å². The standard InChI is InChI=1S/C8H15N/c1-4-6-8(3,5-2)7-9/h4-6H2,1-3H3/t8-/m0/s1. The van der Waals surface area contributed by atoms with Gasteiger partial charge in [0.25, 0.3) is 0 Å². The normalized spacial score (nSPS) is 16.2. The quantitative estimate of drug-likeness (QED) is 0.569. The van der Waals surface area contributed by atoms with Gasteiger partial charge in [0, 0.05) is 0 Å². The predicted molar refractivity (Wildman–Crippen MR) is 38.9 cm³/mol. The minimum absolute atomic E-state index is 0.0608. The fourth-order valence-corrected chi connectivity index (χ4v) is 0.864. The van der Waals surface area contributed by atoms with Crippen molar-refractivity contribution in [3.8, 4) is 6.07 Å². The van der Waals surface area contributed by atoms with Crippen molar-refractivity contribution in [2.24, 2.45) is 5.41 Å². The van der Waals surface area contributed by atoms with E-state index in [1.54, 1.807) is 0 Å². The molecule has 0 N–H and O–H groups in total. The van der Waals surface area contributed by atoms with E-state index < -0.39 is 0 Å². The van der Waals surface area contributed by atoms with E-state index in [1.165, 1.54) is 0 Å². The van der Waals surface area contributed by atoms with Crippen LogP contribution >= 0.6 is 0 Å². The first kappa shape index (κ1) is 8.49. The van der Waals surface area contributed by atoms with Crippen LogP contribution in [0, 0.1) is 16.7 Å². The van der Waals surface area contributed by atoms with Gasteiger partial charge in [-0.1, -0.05) is 20.3 Å². The molecule has 1 atom stereocenters. The van der Waals surface area contributed by atoms with E-state index >= 15 is 0 Å². The third-order valence-electron chi connectivity index (χ3n) is 1.85. The summed E-state index contributed by atoms with van der Waals surface area (Å²) in [6.45, 7) is 6.21. The van der Waals surface area contributed by atoms with E-state index in [0.717, 1.165) is 19.3 Å². The number of nitrogens with zero attached hydrogens (tertiary/aromatic N) is 1. The van der Waals surface area contributed by atoms with E-state index in [2.05, 4.69) is 19.9 Å². The van der Waals surface area contributed by atoms with E-state index in [1.807, 2.05) is 6.92 Å². The number of nitriles is 1. The number of hydrogen-bond donors (Lipinski definition) is 0. The average Bonchev–Trinajstić information content (AvgIpc) is 1.89. The molecule has 0 heterocycles. The van der Waals surface area contributed by atoms with Crippen LogP contribution < -0.4 is 0 Å². The summed E-state index contributed by atoms with van der Waals surface area (Å²) in [4.78, 5) is 0. The first-order valence-corrected chi connectivity index (χ1v) is 3.59. The van der Waals surface area contributed by atoms with Gasteiger partial charge in [-0.15, -0.1) is 0 Å². The van der Waals surface area contributed by atoms with Crippen molar-refractivity contribution >= 4 is 0 Å². The van der Waals surface area contributed by atoms with Crippen LogP contribution in [-0.4, -0.2) is 0 Å². The van der Waals surface area contributed by atoms with Gasteiger partial charge >= 0.3 is 0 Å². The molecule has 0 rings (SSSR count). The summed E-state index contributed by atoms with van der Waals surface area (Å²) >= 11 is 0. The minimum Gasteiger partial charge on any atom is -0.198 e. The van der Waals surface area contributed by atoms with Crippen LogP contribution in [0.15, 0.2) is 0 Å². The van der Waals surface area contributed by atoms with Crippen LogP contribution in [0.2, 0.25) is 0 Å². The van der Waals surface area contributed by atoms with Gasteiger partial charge in [-0.25, -0.2) is 0 Å². The lowest BCUT2D eigenvalue weighted by Gasteiger charge is -2.16. The van der Waals surface area contributed by atoms with Crippen LogP contribution in [0.5, 0.6) is 0 Å². The molecule has 0 aromatic heterocycles. The molecule has 52 valence electrons. The highest BCUT2D eigenvalue weighted by atomic mass is 14.3. The van der Waals surface area contributed by atoms with Crippen molar-refractivity contribution in [3.05, 3.63) is 0 Å². The molecule has 0 aromatic rings. The van der Waals surface area contributed by atoms with Gasteiger partial charge in [0.1, 0.15) is 0 Å². The van der Waals surface area contributed by atoms with E-state index in [0.29, 0.717) is 0 Å². The monoisotopic (exact) mass is 125 g/mol. The second-order valence-electron chi connectivity index (χ2n) is 2.78. The van der Waals surface area contributed by atoms with Gasteiger partial charge in [0.2, 0.25) is 0 Å². The fraction of sp³-hybridized carbons (Fsp3) is 0.875. The zero-order valence-electron chi connectivity index (χ0n) is 6.57. The van der Waals surface area contributed by atoms with Crippen molar-refractivity contribution in [2.45, 2.75) is 40.0 Å². The number of rotatable bonds is 3. The molecular formula is C8H15N. The van der Waals surface area contributed by atoms with Gasteiger partial charge in [-0.2, -0.15) is 5.26 Å². The molecule has 0 radical (unpaired) electrons. The van der Waals surface area contributed by atoms with Crippen LogP contribution in [0.4, 0.5) is 0 Å². The van der Waals surface area contributed by atoms with Gasteiger partial charge in [0.05, 0.1) is 11.5 Å². The summed E-state index contributed by atoms with van der Waals surface area (Å²) < 4.78 is 0. The van der Waals surface area contributed by atoms with Crippen molar-refractivity contribution in [1.29, 1.82) is 5.26 Å². The van der Waals surface area contributed by atoms with Crippen molar-refractivity contribution in [2.75, 3.05) is 0 Å². The highest BCUT2D eigenvalue weighted by molar-refractivity contribution is 4.93. The largest absolute Gasteiger partial charge is 0.198 e. The second-order valence-corrected chi connectivity index (χ2v) is 2.78. The molecule has 0 fully saturated rings. The van der Waals surface area contributed by atoms with Crippen LogP contribution in [0.25, 0.3) is 0 Å². The van der Waals surface area contributed by atoms with Gasteiger partial charge in [-0.05, 0) is 19.8 Å². The summed E-state index contributed by atoms with van der Waals surface area (Å²) in [6, 6.07) is 2.33. The molecule has 0 saturated carbocycles. The van der Waals surface area contributed by atoms with Gasteiger partial charge < -0.3 is 0 Å². The first-order valence-electron chi connectivity index (χ1n) is 3.59. The molecular weight excluding hydrogens is 110 g/mol. The van der Waals surface area contributed by atoms with Gasteiger partial charge in [0.15, 0.2) is 0 Å². The average molecular weight is 125 g/mol. The van der Waals surface area contributed by atoms with E-state index in [-0.39, 0.29) is 5.41 Å². The molecule has 1 nitrogen and oxygen atoms in total. The summed E-state index contributed by atoms with van der Waals surface area (Å²) in [7, 11) is 0. The number of hydrogen-bond acceptors (Lipinski definition) is 1. The SMILES string of the molecule is CCC[C@@](C)(C#N)CC. The molecule has 0 aliphatic carbocycles. The first-order chi connectivity index (χ1) is 4.18. The Hall–Kier alpha value is -0.510. The molecule has 1 heteroatoms. The van der Waals surface area contributed by atoms with Crippen molar-refractivity contribution in [3.63, 3.8) is 0 Å². The molecule has 0 amide bonds. The summed E-state index contributed by atoms with van der Waals surface area (Å²) in [5.41, 5.74) is -0.0608. The van der Waals surface area contributed by atoms with Crippen LogP contribution in [0.1, 0.15) is 40.0 Å². The Balaban J connectivity index is 3.81. The van der Waals surface area contributed by atoms with Crippen molar-refractivity contribution in [1.82, 2.24) is 0 Å². The highest BCUT2D eigenvalue weighted by Crippen LogP contribution is 2.25. The maximum Gasteiger partial charge on any atom is 0.0686 e. The maximum absolute atomic E-state index is 8.67. The maximum atomic E-state index is 8.67. The Kier molecular flexibility index (Phi) is 3.30. The van der Waals surface area contributed by atoms with E-state index in [9.17, 15) is 0 Å². The smallest absolute Gasteiger partial charge is 0.0686 e. The molecule has 0 spiro atoms. The lowest BCUT2D eigenvalue weighted by Crippen LogP contribution is -2.10. The predicted octanol–water partition coefficient (Wildman–Crippen LogP) is 2.73. The Bertz CT molecular complexity index is 112. The van der Waals surface area contributed by atoms with Crippen LogP contribution in [-0.2, 0) is 0 Å². The zero-order valence-corrected chi connectivity index (χ0v) is 6.57. The Morgan fingerprint density at radius 1 is 1.44 bits per heavy atom. The molecule has 0 saturated heterocycles. The lowest BCUT2D eigenvalue weighted by molar-refractivity contribution is 0.386. The lowest BCUT2D eigenvalue weighted by atomic mass is 9.85. The minimum atomic E-state index is -0.0608. The molecule has 0 aliphatic heterocycles. The van der Waals surface area contributed by atoms with Gasteiger partial charge in [-0.3, -0.25) is 0 Å². The molecule has 0 bridgehead atoms. The molecule has 0 aliphatic rings. The fourth-order valence-electron chi connectivity index (χ4n) is 0.864. The zero-order chi connectivity index (χ0) is 7.33. The Morgan fingerprint density at radius 3 is 2.11 bits per heavy atom. The topological polar surface area (TPSA) is 23.8 Å². The highest BCUT2D eigenvalue weighted by Gasteiger charge is 2.18. The summed E-state index contributed by atoms with van der Waals surface area (Å²) in [5.74, 6) is 0. The van der Waals surface area contributed by atoms with Crippen LogP contribution in [0.3, 0.4) is 0 Å². The second kappa shape index (κ2) is 3.50. The summed E-state index contributed by atoms with van der Waals surface area (Å²) in [6.07, 6.45) is 3.11. The van der Waals surface area contributed by atoms with E-state index in [4.69, 9.17) is 5.26 Å². The molecule has 9 heavy (non-hydrogen) atoms. The Labute approximate surface area is 57.7 Å². The third-order valence-corrected chi connectivity index (χ3v) is 1.85.